The SMILES string of the molecule is O=C(ON1C(=O)CCC1=O)c1cccc(-c2cccc(C(=O)ON3C(=O)CCC3=O)n2)n1. The molecule has 4 heterocycles. The van der Waals surface area contributed by atoms with E-state index < -0.39 is 35.6 Å². The number of pyridine rings is 2. The average molecular weight is 438 g/mol. The number of amides is 4. The van der Waals surface area contributed by atoms with Gasteiger partial charge in [-0.15, -0.1) is 10.1 Å². The molecule has 0 spiro atoms. The molecule has 0 atom stereocenters. The Hall–Kier alpha value is -4.48. The monoisotopic (exact) mass is 438 g/mol. The highest BCUT2D eigenvalue weighted by Gasteiger charge is 2.34. The van der Waals surface area contributed by atoms with Gasteiger partial charge in [0, 0.05) is 25.7 Å². The molecule has 162 valence electrons. The van der Waals surface area contributed by atoms with E-state index in [1.165, 1.54) is 36.4 Å². The summed E-state index contributed by atoms with van der Waals surface area (Å²) in [7, 11) is 0. The van der Waals surface area contributed by atoms with E-state index in [2.05, 4.69) is 9.97 Å². The van der Waals surface area contributed by atoms with Gasteiger partial charge in [0.15, 0.2) is 11.4 Å². The van der Waals surface area contributed by atoms with Gasteiger partial charge >= 0.3 is 11.9 Å². The van der Waals surface area contributed by atoms with Crippen molar-refractivity contribution >= 4 is 35.6 Å². The Bertz CT molecular complexity index is 1050. The van der Waals surface area contributed by atoms with Crippen LogP contribution in [0.2, 0.25) is 0 Å². The summed E-state index contributed by atoms with van der Waals surface area (Å²) in [4.78, 5) is 89.0. The minimum absolute atomic E-state index is 0.0407. The molecule has 12 nitrogen and oxygen atoms in total. The van der Waals surface area contributed by atoms with Crippen LogP contribution in [-0.2, 0) is 28.9 Å². The Labute approximate surface area is 179 Å². The lowest BCUT2D eigenvalue weighted by molar-refractivity contribution is -0.173. The largest absolute Gasteiger partial charge is 0.382 e. The number of rotatable bonds is 5. The van der Waals surface area contributed by atoms with Crippen molar-refractivity contribution in [3.63, 3.8) is 0 Å². The molecule has 2 aromatic heterocycles. The highest BCUT2D eigenvalue weighted by Crippen LogP contribution is 2.19. The minimum atomic E-state index is -1.02. The summed E-state index contributed by atoms with van der Waals surface area (Å²) in [6.45, 7) is 0. The van der Waals surface area contributed by atoms with Crippen LogP contribution in [0.4, 0.5) is 0 Å². The molecule has 2 fully saturated rings. The fourth-order valence-electron chi connectivity index (χ4n) is 2.96. The second-order valence-corrected chi connectivity index (χ2v) is 6.74. The van der Waals surface area contributed by atoms with Crippen LogP contribution in [0.3, 0.4) is 0 Å². The molecule has 0 N–H and O–H groups in total. The second-order valence-electron chi connectivity index (χ2n) is 6.74. The maximum atomic E-state index is 12.3. The zero-order chi connectivity index (χ0) is 22.8. The highest BCUT2D eigenvalue weighted by molar-refractivity contribution is 6.03. The second kappa shape index (κ2) is 8.34. The Morgan fingerprint density at radius 2 is 0.969 bits per heavy atom. The fraction of sp³-hybridized carbons (Fsp3) is 0.200. The summed E-state index contributed by atoms with van der Waals surface area (Å²) in [6.07, 6.45) is -0.163. The Balaban J connectivity index is 1.52. The Kier molecular flexibility index (Phi) is 5.41. The lowest BCUT2D eigenvalue weighted by atomic mass is 10.2. The van der Waals surface area contributed by atoms with E-state index in [0.717, 1.165) is 0 Å². The third-order valence-electron chi connectivity index (χ3n) is 4.54. The third kappa shape index (κ3) is 4.05. The third-order valence-corrected chi connectivity index (χ3v) is 4.54. The average Bonchev–Trinajstić information content (AvgIpc) is 3.29. The maximum Gasteiger partial charge on any atom is 0.382 e. The van der Waals surface area contributed by atoms with Gasteiger partial charge in [0.2, 0.25) is 0 Å². The van der Waals surface area contributed by atoms with E-state index >= 15 is 0 Å². The normalized spacial score (nSPS) is 16.0. The van der Waals surface area contributed by atoms with Crippen molar-refractivity contribution in [1.29, 1.82) is 0 Å². The number of nitrogens with zero attached hydrogens (tertiary/aromatic N) is 4. The van der Waals surface area contributed by atoms with Gasteiger partial charge in [-0.05, 0) is 24.3 Å². The van der Waals surface area contributed by atoms with Crippen molar-refractivity contribution < 1.29 is 38.4 Å². The predicted molar refractivity (Wildman–Crippen MR) is 100 cm³/mol. The first kappa shape index (κ1) is 20.8. The molecular weight excluding hydrogens is 424 g/mol. The van der Waals surface area contributed by atoms with Crippen molar-refractivity contribution in [3.8, 4) is 11.4 Å². The van der Waals surface area contributed by atoms with Crippen LogP contribution in [0, 0.1) is 0 Å². The van der Waals surface area contributed by atoms with Crippen LogP contribution in [0.5, 0.6) is 0 Å². The van der Waals surface area contributed by atoms with E-state index in [4.69, 9.17) is 9.68 Å². The summed E-state index contributed by atoms with van der Waals surface area (Å²) in [6, 6.07) is 8.60. The Morgan fingerprint density at radius 1 is 0.625 bits per heavy atom. The number of hydrogen-bond donors (Lipinski definition) is 0. The molecule has 2 aliphatic rings. The molecule has 0 saturated carbocycles. The molecular formula is C20H14N4O8. The van der Waals surface area contributed by atoms with E-state index in [0.29, 0.717) is 10.1 Å². The van der Waals surface area contributed by atoms with Gasteiger partial charge in [-0.25, -0.2) is 19.6 Å². The molecule has 2 aliphatic heterocycles. The number of carbonyl (C=O) groups is 6. The van der Waals surface area contributed by atoms with Crippen LogP contribution < -0.4 is 0 Å². The predicted octanol–water partition coefficient (Wildman–Crippen LogP) is 0.585. The number of hydroxylamine groups is 4. The van der Waals surface area contributed by atoms with Gasteiger partial charge in [-0.1, -0.05) is 12.1 Å². The first-order chi connectivity index (χ1) is 15.3. The van der Waals surface area contributed by atoms with E-state index in [1.807, 2.05) is 0 Å². The molecule has 32 heavy (non-hydrogen) atoms. The van der Waals surface area contributed by atoms with Crippen molar-refractivity contribution in [2.75, 3.05) is 0 Å². The molecule has 0 radical (unpaired) electrons. The number of aromatic nitrogens is 2. The number of hydrogen-bond acceptors (Lipinski definition) is 10. The van der Waals surface area contributed by atoms with E-state index in [9.17, 15) is 28.8 Å². The van der Waals surface area contributed by atoms with Crippen LogP contribution in [0.25, 0.3) is 11.4 Å². The van der Waals surface area contributed by atoms with Crippen molar-refractivity contribution in [2.45, 2.75) is 25.7 Å². The summed E-state index contributed by atoms with van der Waals surface area (Å²) < 4.78 is 0. The molecule has 12 heteroatoms. The molecule has 2 aromatic rings. The quantitative estimate of drug-likeness (QED) is 0.606. The summed E-state index contributed by atoms with van der Waals surface area (Å²) >= 11 is 0. The standard InChI is InChI=1S/C20H14N4O8/c25-15-7-8-16(26)23(15)31-19(29)13-5-1-3-11(21-13)12-4-2-6-14(22-12)20(30)32-24-17(27)9-10-18(24)28/h1-6H,7-10H2. The first-order valence-electron chi connectivity index (χ1n) is 9.44. The van der Waals surface area contributed by atoms with Gasteiger partial charge in [-0.3, -0.25) is 19.2 Å². The van der Waals surface area contributed by atoms with E-state index in [1.54, 1.807) is 0 Å². The fourth-order valence-corrected chi connectivity index (χ4v) is 2.96. The highest BCUT2D eigenvalue weighted by atomic mass is 16.7. The van der Waals surface area contributed by atoms with Crippen LogP contribution >= 0.6 is 0 Å². The number of carbonyl (C=O) groups excluding carboxylic acids is 6. The molecule has 0 unspecified atom stereocenters. The smallest absolute Gasteiger partial charge is 0.323 e. The van der Waals surface area contributed by atoms with Crippen LogP contribution in [0.15, 0.2) is 36.4 Å². The molecule has 4 rings (SSSR count). The zero-order valence-electron chi connectivity index (χ0n) is 16.3. The van der Waals surface area contributed by atoms with Crippen molar-refractivity contribution in [2.24, 2.45) is 0 Å². The van der Waals surface area contributed by atoms with Crippen LogP contribution in [0.1, 0.15) is 46.7 Å². The van der Waals surface area contributed by atoms with Gasteiger partial charge in [0.25, 0.3) is 23.6 Å². The van der Waals surface area contributed by atoms with Crippen molar-refractivity contribution in [3.05, 3.63) is 47.8 Å². The lowest BCUT2D eigenvalue weighted by Crippen LogP contribution is -2.32. The van der Waals surface area contributed by atoms with Crippen molar-refractivity contribution in [1.82, 2.24) is 20.1 Å². The van der Waals surface area contributed by atoms with E-state index in [-0.39, 0.29) is 48.5 Å². The maximum absolute atomic E-state index is 12.3. The molecule has 4 amide bonds. The van der Waals surface area contributed by atoms with Gasteiger partial charge in [-0.2, -0.15) is 0 Å². The van der Waals surface area contributed by atoms with Gasteiger partial charge < -0.3 is 9.68 Å². The van der Waals surface area contributed by atoms with Crippen LogP contribution in [-0.4, -0.2) is 55.7 Å². The first-order valence-corrected chi connectivity index (χ1v) is 9.44. The lowest BCUT2D eigenvalue weighted by Gasteiger charge is -2.13. The van der Waals surface area contributed by atoms with Gasteiger partial charge in [0.1, 0.15) is 0 Å². The molecule has 0 aliphatic carbocycles. The topological polar surface area (TPSA) is 153 Å². The molecule has 0 aromatic carbocycles. The molecule has 0 bridgehead atoms. The Morgan fingerprint density at radius 3 is 1.31 bits per heavy atom. The van der Waals surface area contributed by atoms with Gasteiger partial charge in [0.05, 0.1) is 11.4 Å². The summed E-state index contributed by atoms with van der Waals surface area (Å²) in [5.74, 6) is -4.52. The minimum Gasteiger partial charge on any atom is -0.323 e. The molecule has 2 saturated heterocycles. The zero-order valence-corrected chi connectivity index (χ0v) is 16.3. The summed E-state index contributed by atoms with van der Waals surface area (Å²) in [5, 5.41) is 0.818. The summed E-state index contributed by atoms with van der Waals surface area (Å²) in [5.41, 5.74) is -0.0286. The number of imide groups is 2.